The number of carbonyl (C=O) groups excluding carboxylic acids is 1. The Kier molecular flexibility index (Phi) is 4.79. The second-order valence-electron chi connectivity index (χ2n) is 7.91. The lowest BCUT2D eigenvalue weighted by molar-refractivity contribution is 0.0702. The van der Waals surface area contributed by atoms with E-state index >= 15 is 0 Å². The number of piperidine rings is 1. The lowest BCUT2D eigenvalue weighted by Gasteiger charge is -2.33. The Bertz CT molecular complexity index is 795. The van der Waals surface area contributed by atoms with Crippen molar-refractivity contribution >= 4 is 5.91 Å². The quantitative estimate of drug-likeness (QED) is 0.845. The SMILES string of the molecule is CC(C)n1ccnc1[C@@H]1CCCN(C(=O)c2cnc3c(c2)CCCC3)C1. The van der Waals surface area contributed by atoms with Crippen molar-refractivity contribution in [2.24, 2.45) is 0 Å². The first-order valence-corrected chi connectivity index (χ1v) is 9.93. The van der Waals surface area contributed by atoms with Crippen LogP contribution in [0.15, 0.2) is 24.7 Å². The summed E-state index contributed by atoms with van der Waals surface area (Å²) in [6, 6.07) is 2.48. The highest BCUT2D eigenvalue weighted by atomic mass is 16.2. The molecule has 4 rings (SSSR count). The molecule has 138 valence electrons. The zero-order valence-electron chi connectivity index (χ0n) is 15.8. The summed E-state index contributed by atoms with van der Waals surface area (Å²) >= 11 is 0. The van der Waals surface area contributed by atoms with E-state index in [1.807, 2.05) is 17.3 Å². The Hall–Kier alpha value is -2.17. The Labute approximate surface area is 155 Å². The molecule has 26 heavy (non-hydrogen) atoms. The summed E-state index contributed by atoms with van der Waals surface area (Å²) in [4.78, 5) is 24.3. The molecule has 0 spiro atoms. The maximum absolute atomic E-state index is 13.1. The molecule has 5 nitrogen and oxygen atoms in total. The van der Waals surface area contributed by atoms with E-state index in [1.54, 1.807) is 6.20 Å². The summed E-state index contributed by atoms with van der Waals surface area (Å²) < 4.78 is 2.24. The topological polar surface area (TPSA) is 51.0 Å². The maximum atomic E-state index is 13.1. The molecular weight excluding hydrogens is 324 g/mol. The standard InChI is InChI=1S/C21H28N4O/c1-15(2)25-11-9-22-20(25)17-7-5-10-24(14-17)21(26)18-12-16-6-3-4-8-19(16)23-13-18/h9,11-13,15,17H,3-8,10,14H2,1-2H3/t17-/m1/s1. The minimum absolute atomic E-state index is 0.123. The number of likely N-dealkylation sites (tertiary alicyclic amines) is 1. The number of aromatic nitrogens is 3. The van der Waals surface area contributed by atoms with Gasteiger partial charge in [0, 0.05) is 49.3 Å². The van der Waals surface area contributed by atoms with Gasteiger partial charge >= 0.3 is 0 Å². The minimum Gasteiger partial charge on any atom is -0.338 e. The summed E-state index contributed by atoms with van der Waals surface area (Å²) in [6.45, 7) is 5.93. The van der Waals surface area contributed by atoms with E-state index in [4.69, 9.17) is 0 Å². The first-order chi connectivity index (χ1) is 12.6. The number of nitrogens with zero attached hydrogens (tertiary/aromatic N) is 4. The van der Waals surface area contributed by atoms with Gasteiger partial charge in [-0.3, -0.25) is 9.78 Å². The molecule has 0 radical (unpaired) electrons. The van der Waals surface area contributed by atoms with Gasteiger partial charge in [-0.2, -0.15) is 0 Å². The second-order valence-corrected chi connectivity index (χ2v) is 7.91. The van der Waals surface area contributed by atoms with E-state index in [1.165, 1.54) is 24.1 Å². The largest absolute Gasteiger partial charge is 0.338 e. The van der Waals surface area contributed by atoms with Crippen LogP contribution in [0, 0.1) is 0 Å². The average molecular weight is 352 g/mol. The predicted octanol–water partition coefficient (Wildman–Crippen LogP) is 3.76. The molecule has 1 atom stereocenters. The van der Waals surface area contributed by atoms with Crippen LogP contribution in [-0.2, 0) is 12.8 Å². The van der Waals surface area contributed by atoms with E-state index in [9.17, 15) is 4.79 Å². The number of hydrogen-bond acceptors (Lipinski definition) is 3. The fourth-order valence-electron chi connectivity index (χ4n) is 4.34. The zero-order chi connectivity index (χ0) is 18.1. The van der Waals surface area contributed by atoms with Crippen LogP contribution in [0.4, 0.5) is 0 Å². The summed E-state index contributed by atoms with van der Waals surface area (Å²) in [7, 11) is 0. The molecule has 1 aliphatic heterocycles. The third-order valence-electron chi connectivity index (χ3n) is 5.75. The van der Waals surface area contributed by atoms with E-state index in [2.05, 4.69) is 34.4 Å². The van der Waals surface area contributed by atoms with Crippen molar-refractivity contribution in [3.8, 4) is 0 Å². The first kappa shape index (κ1) is 17.3. The fourth-order valence-corrected chi connectivity index (χ4v) is 4.34. The smallest absolute Gasteiger partial charge is 0.255 e. The van der Waals surface area contributed by atoms with Crippen molar-refractivity contribution in [1.29, 1.82) is 0 Å². The predicted molar refractivity (Wildman–Crippen MR) is 101 cm³/mol. The summed E-state index contributed by atoms with van der Waals surface area (Å²) in [5.41, 5.74) is 3.20. The van der Waals surface area contributed by atoms with Crippen LogP contribution >= 0.6 is 0 Å². The van der Waals surface area contributed by atoms with Gasteiger partial charge in [-0.05, 0) is 64.0 Å². The van der Waals surface area contributed by atoms with Crippen LogP contribution in [0.2, 0.25) is 0 Å². The van der Waals surface area contributed by atoms with Crippen molar-refractivity contribution in [3.63, 3.8) is 0 Å². The number of carbonyl (C=O) groups is 1. The fraction of sp³-hybridized carbons (Fsp3) is 0.571. The number of imidazole rings is 1. The van der Waals surface area contributed by atoms with E-state index in [0.29, 0.717) is 12.0 Å². The molecule has 0 N–H and O–H groups in total. The van der Waals surface area contributed by atoms with Crippen molar-refractivity contribution in [1.82, 2.24) is 19.4 Å². The Morgan fingerprint density at radius 2 is 2.04 bits per heavy atom. The van der Waals surface area contributed by atoms with Gasteiger partial charge in [0.05, 0.1) is 5.56 Å². The number of aryl methyl sites for hydroxylation is 2. The number of amides is 1. The average Bonchev–Trinajstić information content (AvgIpc) is 3.17. The van der Waals surface area contributed by atoms with Crippen LogP contribution < -0.4 is 0 Å². The highest BCUT2D eigenvalue weighted by Gasteiger charge is 2.29. The van der Waals surface area contributed by atoms with Crippen molar-refractivity contribution in [2.45, 2.75) is 64.3 Å². The van der Waals surface area contributed by atoms with Gasteiger partial charge in [-0.1, -0.05) is 0 Å². The van der Waals surface area contributed by atoms with Crippen LogP contribution in [0.5, 0.6) is 0 Å². The highest BCUT2D eigenvalue weighted by molar-refractivity contribution is 5.94. The third-order valence-corrected chi connectivity index (χ3v) is 5.75. The number of fused-ring (bicyclic) bond motifs is 1. The normalized spacial score (nSPS) is 20.3. The Morgan fingerprint density at radius 3 is 2.88 bits per heavy atom. The molecule has 3 heterocycles. The lowest BCUT2D eigenvalue weighted by atomic mass is 9.94. The van der Waals surface area contributed by atoms with E-state index in [-0.39, 0.29) is 5.91 Å². The Balaban J connectivity index is 1.52. The molecule has 0 aromatic carbocycles. The van der Waals surface area contributed by atoms with Crippen LogP contribution in [-0.4, -0.2) is 38.4 Å². The molecule has 2 aromatic rings. The Morgan fingerprint density at radius 1 is 1.19 bits per heavy atom. The molecule has 1 aliphatic carbocycles. The van der Waals surface area contributed by atoms with Crippen LogP contribution in [0.25, 0.3) is 0 Å². The molecule has 2 aromatic heterocycles. The molecule has 1 amide bonds. The number of hydrogen-bond donors (Lipinski definition) is 0. The third kappa shape index (κ3) is 3.27. The first-order valence-electron chi connectivity index (χ1n) is 9.93. The second kappa shape index (κ2) is 7.22. The molecule has 0 unspecified atom stereocenters. The molecule has 0 bridgehead atoms. The van der Waals surface area contributed by atoms with E-state index in [0.717, 1.165) is 50.2 Å². The van der Waals surface area contributed by atoms with Crippen molar-refractivity contribution in [2.75, 3.05) is 13.1 Å². The maximum Gasteiger partial charge on any atom is 0.255 e. The molecule has 2 aliphatic rings. The van der Waals surface area contributed by atoms with Crippen molar-refractivity contribution < 1.29 is 4.79 Å². The lowest BCUT2D eigenvalue weighted by Crippen LogP contribution is -2.40. The van der Waals surface area contributed by atoms with Gasteiger partial charge < -0.3 is 9.47 Å². The molecular formula is C21H28N4O. The molecule has 0 saturated carbocycles. The zero-order valence-corrected chi connectivity index (χ0v) is 15.8. The summed E-state index contributed by atoms with van der Waals surface area (Å²) in [5.74, 6) is 1.55. The molecule has 1 saturated heterocycles. The number of rotatable bonds is 3. The van der Waals surface area contributed by atoms with Crippen LogP contribution in [0.3, 0.4) is 0 Å². The van der Waals surface area contributed by atoms with Gasteiger partial charge in [-0.25, -0.2) is 4.98 Å². The van der Waals surface area contributed by atoms with Gasteiger partial charge in [0.1, 0.15) is 5.82 Å². The van der Waals surface area contributed by atoms with Gasteiger partial charge in [0.25, 0.3) is 5.91 Å². The number of pyridine rings is 1. The van der Waals surface area contributed by atoms with Crippen LogP contribution in [0.1, 0.15) is 78.9 Å². The highest BCUT2D eigenvalue weighted by Crippen LogP contribution is 2.29. The van der Waals surface area contributed by atoms with Gasteiger partial charge in [0.2, 0.25) is 0 Å². The van der Waals surface area contributed by atoms with Gasteiger partial charge in [-0.15, -0.1) is 0 Å². The monoisotopic (exact) mass is 352 g/mol. The minimum atomic E-state index is 0.123. The summed E-state index contributed by atoms with van der Waals surface area (Å²) in [5, 5.41) is 0. The van der Waals surface area contributed by atoms with E-state index < -0.39 is 0 Å². The summed E-state index contributed by atoms with van der Waals surface area (Å²) in [6.07, 6.45) is 12.4. The molecule has 5 heteroatoms. The van der Waals surface area contributed by atoms with Gasteiger partial charge in [0.15, 0.2) is 0 Å². The van der Waals surface area contributed by atoms with Crippen molar-refractivity contribution in [3.05, 3.63) is 47.3 Å². The molecule has 1 fully saturated rings.